The van der Waals surface area contributed by atoms with Crippen molar-refractivity contribution in [2.75, 3.05) is 50.6 Å². The number of fused-ring (bicyclic) bond motifs is 1. The molecule has 3 aromatic rings. The van der Waals surface area contributed by atoms with Crippen LogP contribution in [-0.4, -0.2) is 61.3 Å². The predicted octanol–water partition coefficient (Wildman–Crippen LogP) is 3.14. The first-order valence-corrected chi connectivity index (χ1v) is 9.53. The molecule has 2 heterocycles. The maximum Gasteiger partial charge on any atom is 0.323 e. The number of halogens is 1. The smallest absolute Gasteiger partial charge is 0.323 e. The SMILES string of the molecule is COc1ccc(N2CCN(C(=O)Nc3nc4cc(F)ccc4nc3OC)CC2)cc1. The van der Waals surface area contributed by atoms with E-state index < -0.39 is 5.82 Å². The first-order valence-electron chi connectivity index (χ1n) is 9.53. The van der Waals surface area contributed by atoms with Gasteiger partial charge in [-0.1, -0.05) is 0 Å². The molecule has 2 amide bonds. The minimum atomic E-state index is -0.422. The highest BCUT2D eigenvalue weighted by molar-refractivity contribution is 5.91. The van der Waals surface area contributed by atoms with Gasteiger partial charge in [0.05, 0.1) is 25.3 Å². The molecule has 1 N–H and O–H groups in total. The van der Waals surface area contributed by atoms with E-state index in [0.29, 0.717) is 37.2 Å². The zero-order chi connectivity index (χ0) is 21.1. The molecule has 0 saturated carbocycles. The van der Waals surface area contributed by atoms with Gasteiger partial charge in [-0.3, -0.25) is 5.32 Å². The van der Waals surface area contributed by atoms with Gasteiger partial charge in [-0.15, -0.1) is 0 Å². The van der Waals surface area contributed by atoms with E-state index in [-0.39, 0.29) is 17.7 Å². The molecule has 0 radical (unpaired) electrons. The van der Waals surface area contributed by atoms with Crippen LogP contribution < -0.4 is 19.7 Å². The maximum atomic E-state index is 13.5. The third kappa shape index (κ3) is 4.05. The zero-order valence-corrected chi connectivity index (χ0v) is 16.8. The first kappa shape index (κ1) is 19.7. The van der Waals surface area contributed by atoms with E-state index in [4.69, 9.17) is 9.47 Å². The fraction of sp³-hybridized carbons (Fsp3) is 0.286. The molecule has 1 saturated heterocycles. The van der Waals surface area contributed by atoms with E-state index in [1.807, 2.05) is 24.3 Å². The number of hydrogen-bond donors (Lipinski definition) is 1. The Hall–Kier alpha value is -3.62. The Morgan fingerprint density at radius 3 is 2.37 bits per heavy atom. The van der Waals surface area contributed by atoms with Crippen LogP contribution in [0.4, 0.5) is 20.7 Å². The molecule has 1 aliphatic heterocycles. The van der Waals surface area contributed by atoms with Crippen LogP contribution in [0.2, 0.25) is 0 Å². The molecular weight excluding hydrogens is 389 g/mol. The van der Waals surface area contributed by atoms with Gasteiger partial charge in [0.1, 0.15) is 11.6 Å². The number of hydrogen-bond acceptors (Lipinski definition) is 6. The van der Waals surface area contributed by atoms with Crippen molar-refractivity contribution in [1.82, 2.24) is 14.9 Å². The summed E-state index contributed by atoms with van der Waals surface area (Å²) in [6.07, 6.45) is 0. The number of nitrogens with one attached hydrogen (secondary N) is 1. The Morgan fingerprint density at radius 1 is 0.967 bits per heavy atom. The first-order chi connectivity index (χ1) is 14.6. The van der Waals surface area contributed by atoms with E-state index in [1.54, 1.807) is 12.0 Å². The highest BCUT2D eigenvalue weighted by Gasteiger charge is 2.23. The molecule has 156 valence electrons. The number of piperazine rings is 1. The fourth-order valence-electron chi connectivity index (χ4n) is 3.38. The van der Waals surface area contributed by atoms with Crippen molar-refractivity contribution < 1.29 is 18.7 Å². The third-order valence-electron chi connectivity index (χ3n) is 5.02. The lowest BCUT2D eigenvalue weighted by Gasteiger charge is -2.36. The molecular formula is C21H22FN5O3. The number of methoxy groups -OCH3 is 2. The lowest BCUT2D eigenvalue weighted by atomic mass is 10.2. The molecule has 0 unspecified atom stereocenters. The summed E-state index contributed by atoms with van der Waals surface area (Å²) in [5.41, 5.74) is 1.91. The molecule has 2 aromatic carbocycles. The van der Waals surface area contributed by atoms with Gasteiger partial charge in [0.15, 0.2) is 5.82 Å². The monoisotopic (exact) mass is 411 g/mol. The van der Waals surface area contributed by atoms with Gasteiger partial charge in [-0.25, -0.2) is 19.2 Å². The zero-order valence-electron chi connectivity index (χ0n) is 16.8. The summed E-state index contributed by atoms with van der Waals surface area (Å²) in [7, 11) is 3.08. The van der Waals surface area contributed by atoms with Crippen molar-refractivity contribution in [3.8, 4) is 11.6 Å². The summed E-state index contributed by atoms with van der Waals surface area (Å²) >= 11 is 0. The number of benzene rings is 2. The topological polar surface area (TPSA) is 79.8 Å². The van der Waals surface area contributed by atoms with Crippen LogP contribution >= 0.6 is 0 Å². The molecule has 0 aliphatic carbocycles. The van der Waals surface area contributed by atoms with Crippen molar-refractivity contribution in [1.29, 1.82) is 0 Å². The number of urea groups is 1. The molecule has 8 nitrogen and oxygen atoms in total. The van der Waals surface area contributed by atoms with E-state index in [1.165, 1.54) is 25.3 Å². The number of carbonyl (C=O) groups is 1. The molecule has 9 heteroatoms. The number of ether oxygens (including phenoxy) is 2. The summed E-state index contributed by atoms with van der Waals surface area (Å²) in [6, 6.07) is 11.6. The van der Waals surface area contributed by atoms with Crippen LogP contribution in [-0.2, 0) is 0 Å². The molecule has 1 aliphatic rings. The number of nitrogens with zero attached hydrogens (tertiary/aromatic N) is 4. The van der Waals surface area contributed by atoms with Gasteiger partial charge in [-0.2, -0.15) is 0 Å². The quantitative estimate of drug-likeness (QED) is 0.711. The van der Waals surface area contributed by atoms with E-state index >= 15 is 0 Å². The molecule has 1 aromatic heterocycles. The number of carbonyl (C=O) groups excluding carboxylic acids is 1. The lowest BCUT2D eigenvalue weighted by Crippen LogP contribution is -2.50. The maximum absolute atomic E-state index is 13.5. The molecule has 0 spiro atoms. The molecule has 1 fully saturated rings. The summed E-state index contributed by atoms with van der Waals surface area (Å²) in [6.45, 7) is 2.50. The van der Waals surface area contributed by atoms with Crippen molar-refractivity contribution in [2.45, 2.75) is 0 Å². The summed E-state index contributed by atoms with van der Waals surface area (Å²) in [5, 5.41) is 2.74. The predicted molar refractivity (Wildman–Crippen MR) is 112 cm³/mol. The van der Waals surface area contributed by atoms with Gasteiger partial charge in [0.2, 0.25) is 0 Å². The van der Waals surface area contributed by atoms with Crippen LogP contribution in [0.5, 0.6) is 11.6 Å². The fourth-order valence-corrected chi connectivity index (χ4v) is 3.38. The van der Waals surface area contributed by atoms with Crippen molar-refractivity contribution >= 4 is 28.6 Å². The average Bonchev–Trinajstić information content (AvgIpc) is 2.78. The minimum absolute atomic E-state index is 0.165. The second kappa shape index (κ2) is 8.40. The normalized spacial score (nSPS) is 14.0. The van der Waals surface area contributed by atoms with E-state index in [0.717, 1.165) is 11.4 Å². The number of aromatic nitrogens is 2. The Kier molecular flexibility index (Phi) is 5.51. The number of anilines is 2. The van der Waals surface area contributed by atoms with Crippen molar-refractivity contribution in [2.24, 2.45) is 0 Å². The minimum Gasteiger partial charge on any atom is -0.497 e. The molecule has 0 atom stereocenters. The number of rotatable bonds is 4. The van der Waals surface area contributed by atoms with Crippen molar-refractivity contribution in [3.05, 3.63) is 48.3 Å². The summed E-state index contributed by atoms with van der Waals surface area (Å²) < 4.78 is 24.0. The van der Waals surface area contributed by atoms with Crippen LogP contribution in [0.25, 0.3) is 11.0 Å². The highest BCUT2D eigenvalue weighted by atomic mass is 19.1. The lowest BCUT2D eigenvalue weighted by molar-refractivity contribution is 0.208. The molecule has 4 rings (SSSR count). The third-order valence-corrected chi connectivity index (χ3v) is 5.02. The Labute approximate surface area is 173 Å². The molecule has 30 heavy (non-hydrogen) atoms. The second-order valence-corrected chi connectivity index (χ2v) is 6.82. The molecule has 0 bridgehead atoms. The van der Waals surface area contributed by atoms with Crippen LogP contribution in [0.1, 0.15) is 0 Å². The Bertz CT molecular complexity index is 1050. The van der Waals surface area contributed by atoms with E-state index in [2.05, 4.69) is 20.2 Å². The van der Waals surface area contributed by atoms with Gasteiger partial charge in [-0.05, 0) is 36.4 Å². The van der Waals surface area contributed by atoms with Gasteiger partial charge in [0.25, 0.3) is 5.88 Å². The highest BCUT2D eigenvalue weighted by Crippen LogP contribution is 2.25. The standard InChI is InChI=1S/C21H22FN5O3/c1-29-16-6-4-15(5-7-16)26-9-11-27(12-10-26)21(28)25-19-20(30-2)24-17-8-3-14(22)13-18(17)23-19/h3-8,13H,9-12H2,1-2H3,(H,23,25,28). The van der Waals surface area contributed by atoms with Gasteiger partial charge in [0, 0.05) is 37.9 Å². The Balaban J connectivity index is 1.43. The largest absolute Gasteiger partial charge is 0.497 e. The van der Waals surface area contributed by atoms with Crippen molar-refractivity contribution in [3.63, 3.8) is 0 Å². The van der Waals surface area contributed by atoms with Crippen LogP contribution in [0, 0.1) is 5.82 Å². The van der Waals surface area contributed by atoms with E-state index in [9.17, 15) is 9.18 Å². The van der Waals surface area contributed by atoms with Gasteiger partial charge >= 0.3 is 6.03 Å². The summed E-state index contributed by atoms with van der Waals surface area (Å²) in [4.78, 5) is 25.3. The van der Waals surface area contributed by atoms with Crippen LogP contribution in [0.15, 0.2) is 42.5 Å². The van der Waals surface area contributed by atoms with Gasteiger partial charge < -0.3 is 19.3 Å². The Morgan fingerprint density at radius 2 is 1.70 bits per heavy atom. The van der Waals surface area contributed by atoms with Crippen LogP contribution in [0.3, 0.4) is 0 Å². The number of amides is 2. The second-order valence-electron chi connectivity index (χ2n) is 6.82. The average molecular weight is 411 g/mol. The summed E-state index contributed by atoms with van der Waals surface area (Å²) in [5.74, 6) is 0.730.